The van der Waals surface area contributed by atoms with E-state index < -0.39 is 0 Å². The van der Waals surface area contributed by atoms with Gasteiger partial charge in [0, 0.05) is 15.6 Å². The first-order valence-corrected chi connectivity index (χ1v) is 8.41. The van der Waals surface area contributed by atoms with Crippen molar-refractivity contribution in [3.8, 4) is 0 Å². The van der Waals surface area contributed by atoms with Gasteiger partial charge in [-0.05, 0) is 30.7 Å². The lowest BCUT2D eigenvalue weighted by atomic mass is 10.1. The zero-order valence-corrected chi connectivity index (χ0v) is 15.1. The van der Waals surface area contributed by atoms with Crippen LogP contribution in [0.3, 0.4) is 0 Å². The highest BCUT2D eigenvalue weighted by Gasteiger charge is 2.17. The Morgan fingerprint density at radius 1 is 1.25 bits per heavy atom. The Labute approximate surface area is 151 Å². The number of rotatable bonds is 6. The number of quaternary nitrogens is 1. The lowest BCUT2D eigenvalue weighted by Crippen LogP contribution is -3.09. The molecule has 1 amide bonds. The van der Waals surface area contributed by atoms with Crippen molar-refractivity contribution in [2.24, 2.45) is 0 Å². The Kier molecular flexibility index (Phi) is 6.60. The van der Waals surface area contributed by atoms with E-state index >= 15 is 0 Å². The van der Waals surface area contributed by atoms with E-state index in [0.717, 1.165) is 10.5 Å². The molecule has 24 heavy (non-hydrogen) atoms. The number of amides is 1. The van der Waals surface area contributed by atoms with Crippen molar-refractivity contribution >= 4 is 29.1 Å². The normalized spacial score (nSPS) is 13.4. The topological polar surface area (TPSA) is 33.5 Å². The maximum absolute atomic E-state index is 13.7. The number of carbonyl (C=O) groups is 1. The first-order chi connectivity index (χ1) is 11.4. The third-order valence-electron chi connectivity index (χ3n) is 3.72. The minimum Gasteiger partial charge on any atom is -0.345 e. The van der Waals surface area contributed by atoms with Gasteiger partial charge in [0.25, 0.3) is 5.91 Å². The van der Waals surface area contributed by atoms with Crippen molar-refractivity contribution in [3.05, 3.63) is 69.5 Å². The third-order valence-corrected chi connectivity index (χ3v) is 4.28. The zero-order chi connectivity index (χ0) is 17.7. The van der Waals surface area contributed by atoms with Gasteiger partial charge >= 0.3 is 0 Å². The van der Waals surface area contributed by atoms with Gasteiger partial charge in [-0.1, -0.05) is 47.5 Å². The second-order valence-electron chi connectivity index (χ2n) is 5.86. The van der Waals surface area contributed by atoms with Crippen molar-refractivity contribution in [3.63, 3.8) is 0 Å². The quantitative estimate of drug-likeness (QED) is 0.805. The highest BCUT2D eigenvalue weighted by Crippen LogP contribution is 2.25. The third kappa shape index (κ3) is 5.20. The predicted octanol–water partition coefficient (Wildman–Crippen LogP) is 3.02. The summed E-state index contributed by atoms with van der Waals surface area (Å²) in [4.78, 5) is 13.1. The van der Waals surface area contributed by atoms with Gasteiger partial charge in [0.15, 0.2) is 6.54 Å². The number of nitrogens with one attached hydrogen (secondary N) is 2. The molecule has 2 atom stereocenters. The lowest BCUT2D eigenvalue weighted by molar-refractivity contribution is -0.885. The predicted molar refractivity (Wildman–Crippen MR) is 94.9 cm³/mol. The molecule has 0 radical (unpaired) electrons. The van der Waals surface area contributed by atoms with Crippen LogP contribution in [0.4, 0.5) is 4.39 Å². The van der Waals surface area contributed by atoms with E-state index in [4.69, 9.17) is 23.2 Å². The second-order valence-corrected chi connectivity index (χ2v) is 6.70. The number of hydrogen-bond donors (Lipinski definition) is 2. The summed E-state index contributed by atoms with van der Waals surface area (Å²) >= 11 is 12.0. The van der Waals surface area contributed by atoms with Crippen molar-refractivity contribution in [2.75, 3.05) is 13.6 Å². The van der Waals surface area contributed by atoms with Crippen LogP contribution in [0.25, 0.3) is 0 Å². The molecule has 1 unspecified atom stereocenters. The maximum atomic E-state index is 13.7. The highest BCUT2D eigenvalue weighted by molar-refractivity contribution is 6.35. The van der Waals surface area contributed by atoms with Crippen LogP contribution in [0, 0.1) is 5.82 Å². The number of halogens is 3. The Morgan fingerprint density at radius 2 is 1.96 bits per heavy atom. The smallest absolute Gasteiger partial charge is 0.275 e. The summed E-state index contributed by atoms with van der Waals surface area (Å²) in [6.45, 7) is 2.54. The fraction of sp³-hybridized carbons (Fsp3) is 0.278. The number of hydrogen-bond acceptors (Lipinski definition) is 1. The summed E-state index contributed by atoms with van der Waals surface area (Å²) in [6.07, 6.45) is 0. The molecule has 2 aromatic rings. The molecule has 0 heterocycles. The molecular formula is C18H20Cl2FN2O+. The number of carbonyl (C=O) groups excluding carboxylic acids is 1. The average Bonchev–Trinajstić information content (AvgIpc) is 2.49. The molecule has 3 nitrogen and oxygen atoms in total. The maximum Gasteiger partial charge on any atom is 0.275 e. The van der Waals surface area contributed by atoms with E-state index in [0.29, 0.717) is 22.2 Å². The van der Waals surface area contributed by atoms with Crippen LogP contribution in [0.15, 0.2) is 42.5 Å². The van der Waals surface area contributed by atoms with E-state index in [1.54, 1.807) is 36.4 Å². The minimum absolute atomic E-state index is 0.123. The molecule has 0 bridgehead atoms. The molecule has 0 aliphatic carbocycles. The molecule has 0 aromatic heterocycles. The summed E-state index contributed by atoms with van der Waals surface area (Å²) < 4.78 is 13.7. The van der Waals surface area contributed by atoms with Gasteiger partial charge in [-0.2, -0.15) is 0 Å². The van der Waals surface area contributed by atoms with Crippen molar-refractivity contribution in [2.45, 2.75) is 19.5 Å². The van der Waals surface area contributed by atoms with E-state index in [1.807, 2.05) is 14.0 Å². The average molecular weight is 370 g/mol. The Bertz CT molecular complexity index is 724. The molecule has 0 spiro atoms. The molecule has 0 aliphatic rings. The largest absolute Gasteiger partial charge is 0.345 e. The molecule has 2 rings (SSSR count). The van der Waals surface area contributed by atoms with Crippen LogP contribution in [0.2, 0.25) is 10.0 Å². The first-order valence-electron chi connectivity index (χ1n) is 7.66. The molecule has 0 fully saturated rings. The van der Waals surface area contributed by atoms with Gasteiger partial charge in [0.1, 0.15) is 12.4 Å². The lowest BCUT2D eigenvalue weighted by Gasteiger charge is -2.18. The number of benzene rings is 2. The molecule has 0 saturated carbocycles. The van der Waals surface area contributed by atoms with Gasteiger partial charge in [-0.15, -0.1) is 0 Å². The zero-order valence-electron chi connectivity index (χ0n) is 13.6. The van der Waals surface area contributed by atoms with Crippen LogP contribution in [0.1, 0.15) is 24.1 Å². The molecule has 0 aliphatic heterocycles. The van der Waals surface area contributed by atoms with E-state index in [9.17, 15) is 9.18 Å². The van der Waals surface area contributed by atoms with E-state index in [1.165, 1.54) is 6.07 Å². The molecule has 2 N–H and O–H groups in total. The summed E-state index contributed by atoms with van der Waals surface area (Å²) in [5.74, 6) is -0.374. The fourth-order valence-corrected chi connectivity index (χ4v) is 3.10. The molecular weight excluding hydrogens is 350 g/mol. The highest BCUT2D eigenvalue weighted by atomic mass is 35.5. The van der Waals surface area contributed by atoms with Gasteiger partial charge in [-0.25, -0.2) is 4.39 Å². The summed E-state index contributed by atoms with van der Waals surface area (Å²) in [7, 11) is 1.85. The minimum atomic E-state index is -0.251. The van der Waals surface area contributed by atoms with Crippen molar-refractivity contribution < 1.29 is 14.1 Å². The van der Waals surface area contributed by atoms with Gasteiger partial charge in [0.2, 0.25) is 0 Å². The van der Waals surface area contributed by atoms with Crippen molar-refractivity contribution in [1.82, 2.24) is 5.32 Å². The SMILES string of the molecule is C[C@H](NC(=O)C[NH+](C)Cc1ccccc1F)c1ccc(Cl)cc1Cl. The summed E-state index contributed by atoms with van der Waals surface area (Å²) in [5.41, 5.74) is 1.40. The van der Waals surface area contributed by atoms with Crippen LogP contribution in [-0.4, -0.2) is 19.5 Å². The second kappa shape index (κ2) is 8.47. The summed E-state index contributed by atoms with van der Waals surface area (Å²) in [5, 5.41) is 3.97. The Balaban J connectivity index is 1.91. The standard InChI is InChI=1S/C18H19Cl2FN2O/c1-12(15-8-7-14(19)9-16(15)20)22-18(24)11-23(2)10-13-5-3-4-6-17(13)21/h3-9,12H,10-11H2,1-2H3,(H,22,24)/p+1/t12-/m0/s1. The first kappa shape index (κ1) is 18.7. The molecule has 6 heteroatoms. The van der Waals surface area contributed by atoms with Crippen molar-refractivity contribution in [1.29, 1.82) is 0 Å². The fourth-order valence-electron chi connectivity index (χ4n) is 2.53. The van der Waals surface area contributed by atoms with E-state index in [2.05, 4.69) is 5.32 Å². The summed E-state index contributed by atoms with van der Waals surface area (Å²) in [6, 6.07) is 11.5. The Hall–Kier alpha value is -1.62. The van der Waals surface area contributed by atoms with Gasteiger partial charge < -0.3 is 10.2 Å². The van der Waals surface area contributed by atoms with Crippen LogP contribution in [-0.2, 0) is 11.3 Å². The number of likely N-dealkylation sites (N-methyl/N-ethyl adjacent to an activating group) is 1. The molecule has 0 saturated heterocycles. The van der Waals surface area contributed by atoms with Crippen LogP contribution < -0.4 is 10.2 Å². The molecule has 128 valence electrons. The van der Waals surface area contributed by atoms with E-state index in [-0.39, 0.29) is 24.3 Å². The molecule has 2 aromatic carbocycles. The monoisotopic (exact) mass is 369 g/mol. The van der Waals surface area contributed by atoms with Gasteiger partial charge in [0.05, 0.1) is 13.1 Å². The van der Waals surface area contributed by atoms with Crippen LogP contribution in [0.5, 0.6) is 0 Å². The van der Waals surface area contributed by atoms with Gasteiger partial charge in [-0.3, -0.25) is 4.79 Å². The van der Waals surface area contributed by atoms with Crippen LogP contribution >= 0.6 is 23.2 Å². The Morgan fingerprint density at radius 3 is 2.62 bits per heavy atom.